The standard InChI is InChI=1S/C40H46ClN5O7/c41-36-21-20-35(28-44-36)37(47)42-22-12-26-45(39(49)52-30-33-16-6-2-7-17-33)24-10-11-25-46(40(50)53-31-34-18-8-3-9-19-34)27-13-23-43-38(48)51-29-32-14-4-1-5-15-32/h1-9,14-21,28H,10-13,22-27,29-31H2,(H,42,47)(H,43,48). The molecule has 53 heavy (non-hydrogen) atoms. The highest BCUT2D eigenvalue weighted by Crippen LogP contribution is 2.10. The number of carbonyl (C=O) groups is 4. The number of amides is 4. The van der Waals surface area contributed by atoms with E-state index in [9.17, 15) is 19.2 Å². The maximum absolute atomic E-state index is 13.2. The van der Waals surface area contributed by atoms with Gasteiger partial charge < -0.3 is 34.6 Å². The summed E-state index contributed by atoms with van der Waals surface area (Å²) in [6, 6.07) is 31.4. The van der Waals surface area contributed by atoms with E-state index in [2.05, 4.69) is 15.6 Å². The Labute approximate surface area is 315 Å². The number of hydrogen-bond acceptors (Lipinski definition) is 8. The lowest BCUT2D eigenvalue weighted by molar-refractivity contribution is 0.0887. The van der Waals surface area contributed by atoms with Crippen LogP contribution in [0.3, 0.4) is 0 Å². The molecule has 2 N–H and O–H groups in total. The van der Waals surface area contributed by atoms with Crippen LogP contribution in [0.2, 0.25) is 5.15 Å². The Morgan fingerprint density at radius 3 is 1.43 bits per heavy atom. The van der Waals surface area contributed by atoms with E-state index < -0.39 is 18.3 Å². The van der Waals surface area contributed by atoms with Gasteiger partial charge in [-0.3, -0.25) is 4.79 Å². The Morgan fingerprint density at radius 1 is 0.547 bits per heavy atom. The molecular formula is C40H46ClN5O7. The van der Waals surface area contributed by atoms with Gasteiger partial charge in [0.25, 0.3) is 5.91 Å². The predicted molar refractivity (Wildman–Crippen MR) is 201 cm³/mol. The van der Waals surface area contributed by atoms with E-state index in [-0.39, 0.29) is 25.7 Å². The number of unbranched alkanes of at least 4 members (excludes halogenated alkanes) is 1. The van der Waals surface area contributed by atoms with Crippen molar-refractivity contribution in [1.82, 2.24) is 25.4 Å². The van der Waals surface area contributed by atoms with E-state index in [4.69, 9.17) is 25.8 Å². The quantitative estimate of drug-likeness (QED) is 0.0549. The monoisotopic (exact) mass is 743 g/mol. The third kappa shape index (κ3) is 15.7. The third-order valence-corrected chi connectivity index (χ3v) is 8.22. The Hall–Kier alpha value is -5.62. The molecule has 0 aliphatic rings. The topological polar surface area (TPSA) is 139 Å². The van der Waals surface area contributed by atoms with Gasteiger partial charge in [-0.25, -0.2) is 19.4 Å². The summed E-state index contributed by atoms with van der Waals surface area (Å²) in [6.07, 6.45) is 2.07. The van der Waals surface area contributed by atoms with E-state index in [1.165, 1.54) is 6.20 Å². The summed E-state index contributed by atoms with van der Waals surface area (Å²) in [5, 5.41) is 5.87. The van der Waals surface area contributed by atoms with Gasteiger partial charge in [-0.05, 0) is 54.5 Å². The zero-order valence-corrected chi connectivity index (χ0v) is 30.4. The lowest BCUT2D eigenvalue weighted by atomic mass is 10.2. The van der Waals surface area contributed by atoms with Crippen molar-refractivity contribution < 1.29 is 33.4 Å². The number of ether oxygens (including phenoxy) is 3. The molecule has 0 fully saturated rings. The molecule has 12 nitrogen and oxygen atoms in total. The molecule has 0 aliphatic carbocycles. The Kier molecular flexibility index (Phi) is 17.5. The lowest BCUT2D eigenvalue weighted by Crippen LogP contribution is -2.37. The van der Waals surface area contributed by atoms with Gasteiger partial charge in [0.15, 0.2) is 0 Å². The van der Waals surface area contributed by atoms with Gasteiger partial charge in [0.05, 0.1) is 5.56 Å². The van der Waals surface area contributed by atoms with E-state index in [1.807, 2.05) is 91.0 Å². The summed E-state index contributed by atoms with van der Waals surface area (Å²) in [6.45, 7) is 2.52. The van der Waals surface area contributed by atoms with Crippen LogP contribution < -0.4 is 10.6 Å². The fourth-order valence-electron chi connectivity index (χ4n) is 5.13. The normalized spacial score (nSPS) is 10.5. The molecule has 4 rings (SSSR count). The highest BCUT2D eigenvalue weighted by molar-refractivity contribution is 6.29. The minimum atomic E-state index is -0.534. The first-order valence-electron chi connectivity index (χ1n) is 17.6. The molecule has 13 heteroatoms. The van der Waals surface area contributed by atoms with Crippen molar-refractivity contribution in [2.75, 3.05) is 39.3 Å². The van der Waals surface area contributed by atoms with Crippen LogP contribution in [-0.4, -0.2) is 78.2 Å². The van der Waals surface area contributed by atoms with Crippen LogP contribution in [0.25, 0.3) is 0 Å². The summed E-state index contributed by atoms with van der Waals surface area (Å²) in [5.41, 5.74) is 3.01. The summed E-state index contributed by atoms with van der Waals surface area (Å²) >= 11 is 5.82. The Bertz CT molecular complexity index is 1680. The van der Waals surface area contributed by atoms with Crippen LogP contribution in [0.15, 0.2) is 109 Å². The predicted octanol–water partition coefficient (Wildman–Crippen LogP) is 7.23. The van der Waals surface area contributed by atoms with Crippen molar-refractivity contribution in [2.24, 2.45) is 0 Å². The van der Waals surface area contributed by atoms with Crippen LogP contribution in [0.5, 0.6) is 0 Å². The highest BCUT2D eigenvalue weighted by Gasteiger charge is 2.18. The molecule has 0 atom stereocenters. The number of aromatic nitrogens is 1. The van der Waals surface area contributed by atoms with Crippen molar-refractivity contribution >= 4 is 35.8 Å². The Balaban J connectivity index is 1.26. The first-order valence-corrected chi connectivity index (χ1v) is 18.0. The summed E-state index contributed by atoms with van der Waals surface area (Å²) in [7, 11) is 0. The lowest BCUT2D eigenvalue weighted by Gasteiger charge is -2.24. The zero-order valence-electron chi connectivity index (χ0n) is 29.7. The SMILES string of the molecule is O=C(NCCCN(CCCCN(CCCNC(=O)c1ccc(Cl)nc1)C(=O)OCc1ccccc1)C(=O)OCc1ccccc1)OCc1ccccc1. The second-order valence-electron chi connectivity index (χ2n) is 12.1. The van der Waals surface area contributed by atoms with Gasteiger partial charge in [-0.1, -0.05) is 103 Å². The number of halogens is 1. The second-order valence-corrected chi connectivity index (χ2v) is 12.5. The molecule has 0 saturated heterocycles. The van der Waals surface area contributed by atoms with Gasteiger partial charge in [-0.15, -0.1) is 0 Å². The fourth-order valence-corrected chi connectivity index (χ4v) is 5.25. The van der Waals surface area contributed by atoms with Crippen molar-refractivity contribution in [2.45, 2.75) is 45.5 Å². The van der Waals surface area contributed by atoms with Crippen molar-refractivity contribution in [3.8, 4) is 0 Å². The maximum Gasteiger partial charge on any atom is 0.410 e. The van der Waals surface area contributed by atoms with Crippen LogP contribution in [0, 0.1) is 0 Å². The van der Waals surface area contributed by atoms with Crippen molar-refractivity contribution in [1.29, 1.82) is 0 Å². The van der Waals surface area contributed by atoms with Crippen LogP contribution in [0.1, 0.15) is 52.7 Å². The van der Waals surface area contributed by atoms with Gasteiger partial charge in [0.2, 0.25) is 0 Å². The maximum atomic E-state index is 13.2. The molecule has 280 valence electrons. The van der Waals surface area contributed by atoms with E-state index in [0.717, 1.165) is 16.7 Å². The van der Waals surface area contributed by atoms with Gasteiger partial charge in [0.1, 0.15) is 25.0 Å². The molecular weight excluding hydrogens is 698 g/mol. The largest absolute Gasteiger partial charge is 0.445 e. The molecule has 1 aromatic heterocycles. The van der Waals surface area contributed by atoms with Crippen LogP contribution >= 0.6 is 11.6 Å². The van der Waals surface area contributed by atoms with Crippen molar-refractivity contribution in [3.05, 3.63) is 137 Å². The van der Waals surface area contributed by atoms with Gasteiger partial charge >= 0.3 is 18.3 Å². The molecule has 0 aliphatic heterocycles. The molecule has 3 aromatic carbocycles. The van der Waals surface area contributed by atoms with Gasteiger partial charge in [0, 0.05) is 45.5 Å². The van der Waals surface area contributed by atoms with Crippen LogP contribution in [0.4, 0.5) is 14.4 Å². The van der Waals surface area contributed by atoms with Gasteiger partial charge in [-0.2, -0.15) is 0 Å². The number of nitrogens with one attached hydrogen (secondary N) is 2. The molecule has 0 saturated carbocycles. The number of hydrogen-bond donors (Lipinski definition) is 2. The van der Waals surface area contributed by atoms with E-state index in [0.29, 0.717) is 75.7 Å². The molecule has 4 amide bonds. The highest BCUT2D eigenvalue weighted by atomic mass is 35.5. The number of benzene rings is 3. The molecule has 1 heterocycles. The minimum Gasteiger partial charge on any atom is -0.445 e. The number of alkyl carbamates (subject to hydrolysis) is 1. The molecule has 0 unspecified atom stereocenters. The molecule has 4 aromatic rings. The van der Waals surface area contributed by atoms with Crippen LogP contribution in [-0.2, 0) is 34.0 Å². The zero-order chi connectivity index (χ0) is 37.5. The van der Waals surface area contributed by atoms with E-state index >= 15 is 0 Å². The minimum absolute atomic E-state index is 0.130. The number of nitrogens with zero attached hydrogens (tertiary/aromatic N) is 3. The fraction of sp³-hybridized carbons (Fsp3) is 0.325. The average Bonchev–Trinajstić information content (AvgIpc) is 3.19. The number of pyridine rings is 1. The summed E-state index contributed by atoms with van der Waals surface area (Å²) in [4.78, 5) is 58.2. The Morgan fingerprint density at radius 2 is 0.981 bits per heavy atom. The molecule has 0 radical (unpaired) electrons. The number of carbonyl (C=O) groups excluding carboxylic acids is 4. The first kappa shape index (κ1) is 40.2. The molecule has 0 bridgehead atoms. The first-order chi connectivity index (χ1) is 25.9. The second kappa shape index (κ2) is 23.0. The summed E-state index contributed by atoms with van der Waals surface area (Å²) < 4.78 is 16.5. The summed E-state index contributed by atoms with van der Waals surface area (Å²) in [5.74, 6) is -0.286. The third-order valence-electron chi connectivity index (χ3n) is 8.00. The average molecular weight is 744 g/mol. The molecule has 0 spiro atoms. The van der Waals surface area contributed by atoms with Crippen molar-refractivity contribution in [3.63, 3.8) is 0 Å². The smallest absolute Gasteiger partial charge is 0.410 e. The number of rotatable bonds is 20. The van der Waals surface area contributed by atoms with E-state index in [1.54, 1.807) is 21.9 Å².